The van der Waals surface area contributed by atoms with Crippen molar-refractivity contribution in [3.8, 4) is 11.5 Å². The third kappa shape index (κ3) is 4.46. The minimum Gasteiger partial charge on any atom is -0.492 e. The Kier molecular flexibility index (Phi) is 6.45. The molecule has 1 heterocycles. The monoisotopic (exact) mass is 442 g/mol. The maximum absolute atomic E-state index is 13.7. The summed E-state index contributed by atoms with van der Waals surface area (Å²) in [6.45, 7) is 6.16. The topological polar surface area (TPSA) is 67.9 Å². The van der Waals surface area contributed by atoms with Gasteiger partial charge in [0.15, 0.2) is 0 Å². The number of benzene rings is 3. The van der Waals surface area contributed by atoms with Crippen LogP contribution in [0.3, 0.4) is 0 Å². The molecular weight excluding hydrogens is 416 g/mol. The molecule has 4 rings (SSSR count). The lowest BCUT2D eigenvalue weighted by molar-refractivity contribution is -0.120. The van der Waals surface area contributed by atoms with Gasteiger partial charge in [-0.1, -0.05) is 54.6 Å². The number of nitrogens with zero attached hydrogens (tertiary/aromatic N) is 1. The SMILES string of the molecule is CCOc1ccccc1NC1=C(c2ccccc2)C(=O)N(c2ccccc2OC(C)C)C1=O. The number of rotatable bonds is 8. The summed E-state index contributed by atoms with van der Waals surface area (Å²) in [6, 6.07) is 23.6. The number of amides is 2. The highest BCUT2D eigenvalue weighted by molar-refractivity contribution is 6.46. The van der Waals surface area contributed by atoms with E-state index in [0.29, 0.717) is 40.6 Å². The van der Waals surface area contributed by atoms with Crippen LogP contribution in [-0.4, -0.2) is 24.5 Å². The van der Waals surface area contributed by atoms with Crippen LogP contribution in [0.15, 0.2) is 84.6 Å². The second-order valence-electron chi connectivity index (χ2n) is 7.75. The largest absolute Gasteiger partial charge is 0.492 e. The second kappa shape index (κ2) is 9.61. The fraction of sp³-hybridized carbons (Fsp3) is 0.185. The quantitative estimate of drug-likeness (QED) is 0.482. The van der Waals surface area contributed by atoms with E-state index >= 15 is 0 Å². The Morgan fingerprint density at radius 2 is 1.45 bits per heavy atom. The molecule has 0 atom stereocenters. The first kappa shape index (κ1) is 22.1. The van der Waals surface area contributed by atoms with E-state index < -0.39 is 11.8 Å². The highest BCUT2D eigenvalue weighted by Gasteiger charge is 2.41. The minimum atomic E-state index is -0.454. The molecule has 0 aromatic heterocycles. The molecule has 6 heteroatoms. The van der Waals surface area contributed by atoms with Crippen molar-refractivity contribution in [2.75, 3.05) is 16.8 Å². The van der Waals surface area contributed by atoms with Crippen LogP contribution in [0.2, 0.25) is 0 Å². The highest BCUT2D eigenvalue weighted by atomic mass is 16.5. The molecule has 1 aliphatic heterocycles. The third-order valence-electron chi connectivity index (χ3n) is 5.06. The van der Waals surface area contributed by atoms with Gasteiger partial charge in [0.2, 0.25) is 0 Å². The van der Waals surface area contributed by atoms with Gasteiger partial charge in [0.1, 0.15) is 17.2 Å². The van der Waals surface area contributed by atoms with Crippen molar-refractivity contribution < 1.29 is 19.1 Å². The summed E-state index contributed by atoms with van der Waals surface area (Å²) in [6.07, 6.45) is -0.115. The number of hydrogen-bond donors (Lipinski definition) is 1. The van der Waals surface area contributed by atoms with Crippen LogP contribution in [0, 0.1) is 0 Å². The highest BCUT2D eigenvalue weighted by Crippen LogP contribution is 2.39. The van der Waals surface area contributed by atoms with Crippen LogP contribution in [-0.2, 0) is 9.59 Å². The van der Waals surface area contributed by atoms with Crippen molar-refractivity contribution in [1.29, 1.82) is 0 Å². The minimum absolute atomic E-state index is 0.115. The van der Waals surface area contributed by atoms with E-state index in [-0.39, 0.29) is 11.8 Å². The molecule has 0 saturated heterocycles. The molecule has 33 heavy (non-hydrogen) atoms. The summed E-state index contributed by atoms with van der Waals surface area (Å²) in [5.41, 5.74) is 2.16. The molecule has 0 bridgehead atoms. The van der Waals surface area contributed by atoms with E-state index in [9.17, 15) is 9.59 Å². The van der Waals surface area contributed by atoms with Crippen LogP contribution in [0.4, 0.5) is 11.4 Å². The van der Waals surface area contributed by atoms with Crippen LogP contribution < -0.4 is 19.7 Å². The fourth-order valence-electron chi connectivity index (χ4n) is 3.72. The molecule has 1 N–H and O–H groups in total. The van der Waals surface area contributed by atoms with Gasteiger partial charge in [-0.05, 0) is 50.6 Å². The van der Waals surface area contributed by atoms with Gasteiger partial charge in [-0.3, -0.25) is 9.59 Å². The summed E-state index contributed by atoms with van der Waals surface area (Å²) in [5.74, 6) is 0.201. The Morgan fingerprint density at radius 1 is 0.818 bits per heavy atom. The van der Waals surface area contributed by atoms with Gasteiger partial charge in [-0.15, -0.1) is 0 Å². The average Bonchev–Trinajstić information content (AvgIpc) is 3.05. The number of anilines is 2. The number of hydrogen-bond acceptors (Lipinski definition) is 5. The number of para-hydroxylation sites is 4. The molecule has 168 valence electrons. The van der Waals surface area contributed by atoms with E-state index in [0.717, 1.165) is 0 Å². The molecule has 6 nitrogen and oxygen atoms in total. The molecule has 0 fully saturated rings. The number of ether oxygens (including phenoxy) is 2. The molecule has 0 radical (unpaired) electrons. The molecule has 3 aromatic rings. The van der Waals surface area contributed by atoms with Gasteiger partial charge in [-0.2, -0.15) is 0 Å². The first-order chi connectivity index (χ1) is 16.0. The Labute approximate surface area is 193 Å². The number of carbonyl (C=O) groups is 2. The first-order valence-electron chi connectivity index (χ1n) is 10.9. The average molecular weight is 443 g/mol. The van der Waals surface area contributed by atoms with E-state index in [4.69, 9.17) is 9.47 Å². The molecule has 0 spiro atoms. The Balaban J connectivity index is 1.82. The number of carbonyl (C=O) groups excluding carboxylic acids is 2. The maximum Gasteiger partial charge on any atom is 0.282 e. The summed E-state index contributed by atoms with van der Waals surface area (Å²) in [7, 11) is 0. The van der Waals surface area contributed by atoms with E-state index in [1.165, 1.54) is 4.90 Å². The van der Waals surface area contributed by atoms with E-state index in [1.54, 1.807) is 18.2 Å². The molecule has 2 amide bonds. The molecule has 3 aromatic carbocycles. The van der Waals surface area contributed by atoms with Crippen LogP contribution >= 0.6 is 0 Å². The predicted octanol–water partition coefficient (Wildman–Crippen LogP) is 5.27. The Morgan fingerprint density at radius 3 is 2.15 bits per heavy atom. The zero-order valence-corrected chi connectivity index (χ0v) is 18.9. The molecule has 0 aliphatic carbocycles. The van der Waals surface area contributed by atoms with Crippen molar-refractivity contribution in [2.24, 2.45) is 0 Å². The van der Waals surface area contributed by atoms with Crippen molar-refractivity contribution >= 4 is 28.8 Å². The van der Waals surface area contributed by atoms with Crippen molar-refractivity contribution in [1.82, 2.24) is 0 Å². The maximum atomic E-state index is 13.7. The first-order valence-corrected chi connectivity index (χ1v) is 10.9. The van der Waals surface area contributed by atoms with Gasteiger partial charge < -0.3 is 14.8 Å². The second-order valence-corrected chi connectivity index (χ2v) is 7.75. The third-order valence-corrected chi connectivity index (χ3v) is 5.06. The lowest BCUT2D eigenvalue weighted by Crippen LogP contribution is -2.33. The van der Waals surface area contributed by atoms with Crippen molar-refractivity contribution in [2.45, 2.75) is 26.9 Å². The predicted molar refractivity (Wildman–Crippen MR) is 129 cm³/mol. The summed E-state index contributed by atoms with van der Waals surface area (Å²) < 4.78 is 11.6. The van der Waals surface area contributed by atoms with Gasteiger partial charge >= 0.3 is 0 Å². The lowest BCUT2D eigenvalue weighted by Gasteiger charge is -2.20. The summed E-state index contributed by atoms with van der Waals surface area (Å²) in [4.78, 5) is 28.6. The fourth-order valence-corrected chi connectivity index (χ4v) is 3.72. The molecule has 0 unspecified atom stereocenters. The zero-order valence-electron chi connectivity index (χ0n) is 18.9. The molecule has 0 saturated carbocycles. The standard InChI is InChI=1S/C27H26N2O4/c1-4-32-22-16-10-8-14-20(22)28-25-24(19-12-6-5-7-13-19)26(30)29(27(25)31)21-15-9-11-17-23(21)33-18(2)3/h5-18,28H,4H2,1-3H3. The van der Waals surface area contributed by atoms with Crippen LogP contribution in [0.5, 0.6) is 11.5 Å². The summed E-state index contributed by atoms with van der Waals surface area (Å²) in [5, 5.41) is 3.18. The summed E-state index contributed by atoms with van der Waals surface area (Å²) >= 11 is 0. The van der Waals surface area contributed by atoms with Gasteiger partial charge in [0.25, 0.3) is 11.8 Å². The van der Waals surface area contributed by atoms with Crippen LogP contribution in [0.25, 0.3) is 5.57 Å². The normalized spacial score (nSPS) is 13.6. The number of nitrogens with one attached hydrogen (secondary N) is 1. The number of imide groups is 1. The van der Waals surface area contributed by atoms with E-state index in [2.05, 4.69) is 5.32 Å². The van der Waals surface area contributed by atoms with E-state index in [1.807, 2.05) is 81.4 Å². The Hall–Kier alpha value is -4.06. The van der Waals surface area contributed by atoms with Crippen molar-refractivity contribution in [3.63, 3.8) is 0 Å². The van der Waals surface area contributed by atoms with Gasteiger partial charge in [0, 0.05) is 0 Å². The van der Waals surface area contributed by atoms with Crippen molar-refractivity contribution in [3.05, 3.63) is 90.1 Å². The van der Waals surface area contributed by atoms with Gasteiger partial charge in [-0.25, -0.2) is 4.90 Å². The molecule has 1 aliphatic rings. The smallest absolute Gasteiger partial charge is 0.282 e. The lowest BCUT2D eigenvalue weighted by atomic mass is 10.0. The zero-order chi connectivity index (χ0) is 23.4. The molecular formula is C27H26N2O4. The Bertz CT molecular complexity index is 1200. The van der Waals surface area contributed by atoms with Gasteiger partial charge in [0.05, 0.1) is 29.7 Å². The van der Waals surface area contributed by atoms with Crippen LogP contribution in [0.1, 0.15) is 26.3 Å².